The van der Waals surface area contributed by atoms with Gasteiger partial charge >= 0.3 is 0 Å². The van der Waals surface area contributed by atoms with Crippen molar-refractivity contribution in [2.75, 3.05) is 27.8 Å². The third-order valence-corrected chi connectivity index (χ3v) is 5.75. The molecule has 0 aliphatic carbocycles. The van der Waals surface area contributed by atoms with Crippen LogP contribution in [0.15, 0.2) is 29.1 Å². The molecule has 1 aromatic heterocycles. The highest BCUT2D eigenvalue weighted by Crippen LogP contribution is 2.48. The molecule has 0 bridgehead atoms. The molecule has 152 valence electrons. The molecule has 0 spiro atoms. The number of rotatable bonds is 2. The van der Waals surface area contributed by atoms with Crippen LogP contribution in [0.2, 0.25) is 0 Å². The Morgan fingerprint density at radius 3 is 2.17 bits per heavy atom. The molecule has 0 radical (unpaired) electrons. The minimum atomic E-state index is -0.206. The fourth-order valence-corrected chi connectivity index (χ4v) is 4.41. The number of hydrogen-bond acceptors (Lipinski definition) is 7. The molecular weight excluding hydrogens is 390 g/mol. The average molecular weight is 407 g/mol. The Morgan fingerprint density at radius 2 is 1.43 bits per heavy atom. The van der Waals surface area contributed by atoms with E-state index < -0.39 is 0 Å². The zero-order valence-electron chi connectivity index (χ0n) is 16.5. The van der Waals surface area contributed by atoms with E-state index >= 15 is 0 Å². The molecule has 30 heavy (non-hydrogen) atoms. The molecule has 6 rings (SSSR count). The van der Waals surface area contributed by atoms with E-state index in [4.69, 9.17) is 28.4 Å². The van der Waals surface area contributed by atoms with Crippen molar-refractivity contribution in [3.63, 3.8) is 0 Å². The van der Waals surface area contributed by atoms with E-state index in [0.717, 1.165) is 21.7 Å². The minimum absolute atomic E-state index is 0.0588. The number of methoxy groups -OCH3 is 2. The Labute approximate surface area is 170 Å². The first kappa shape index (κ1) is 17.1. The topological polar surface area (TPSA) is 77.4 Å². The highest BCUT2D eigenvalue weighted by atomic mass is 16.7. The molecule has 0 unspecified atom stereocenters. The summed E-state index contributed by atoms with van der Waals surface area (Å²) >= 11 is 0. The largest absolute Gasteiger partial charge is 0.496 e. The van der Waals surface area contributed by atoms with Crippen LogP contribution in [0.5, 0.6) is 34.5 Å². The standard InChI is InChI=1S/C22H17NO7/c1-23-20-11-5-15-14(27-8-28-15)4-10(11)13(25-2)6-12(20)18-16(26-3)7-17-21(30-9-29-17)19(18)22(23)24/h4-7H,8-9H2,1-3H3. The van der Waals surface area contributed by atoms with Crippen molar-refractivity contribution < 1.29 is 28.4 Å². The summed E-state index contributed by atoms with van der Waals surface area (Å²) < 4.78 is 35.2. The quantitative estimate of drug-likeness (QED) is 0.472. The molecule has 0 saturated carbocycles. The van der Waals surface area contributed by atoms with Crippen LogP contribution in [-0.4, -0.2) is 32.4 Å². The summed E-state index contributed by atoms with van der Waals surface area (Å²) in [6.07, 6.45) is 0. The Morgan fingerprint density at radius 1 is 0.767 bits per heavy atom. The molecule has 0 amide bonds. The predicted molar refractivity (Wildman–Crippen MR) is 110 cm³/mol. The van der Waals surface area contributed by atoms with Crippen LogP contribution in [0.4, 0.5) is 0 Å². The molecule has 8 heteroatoms. The Hall–Kier alpha value is -3.81. The molecular formula is C22H17NO7. The summed E-state index contributed by atoms with van der Waals surface area (Å²) in [6.45, 7) is 0.217. The van der Waals surface area contributed by atoms with Gasteiger partial charge in [-0.1, -0.05) is 0 Å². The molecule has 2 aliphatic heterocycles. The van der Waals surface area contributed by atoms with E-state index in [0.29, 0.717) is 45.3 Å². The Bertz CT molecular complexity index is 1450. The van der Waals surface area contributed by atoms with Gasteiger partial charge in [-0.3, -0.25) is 4.79 Å². The lowest BCUT2D eigenvalue weighted by atomic mass is 9.98. The van der Waals surface area contributed by atoms with Crippen LogP contribution in [0, 0.1) is 0 Å². The zero-order valence-corrected chi connectivity index (χ0v) is 16.5. The van der Waals surface area contributed by atoms with Crippen molar-refractivity contribution in [3.8, 4) is 34.5 Å². The van der Waals surface area contributed by atoms with Crippen LogP contribution < -0.4 is 34.0 Å². The summed E-state index contributed by atoms with van der Waals surface area (Å²) in [4.78, 5) is 13.5. The summed E-state index contributed by atoms with van der Waals surface area (Å²) in [5.74, 6) is 3.37. The van der Waals surface area contributed by atoms with Gasteiger partial charge in [-0.25, -0.2) is 0 Å². The summed E-state index contributed by atoms with van der Waals surface area (Å²) in [5, 5.41) is 3.50. The van der Waals surface area contributed by atoms with Gasteiger partial charge in [0.15, 0.2) is 23.0 Å². The lowest BCUT2D eigenvalue weighted by Crippen LogP contribution is -2.18. The second-order valence-electron chi connectivity index (χ2n) is 7.15. The highest BCUT2D eigenvalue weighted by Gasteiger charge is 2.27. The molecule has 2 aliphatic rings. The van der Waals surface area contributed by atoms with Gasteiger partial charge in [-0.15, -0.1) is 0 Å². The Kier molecular flexibility index (Phi) is 3.33. The molecule has 0 saturated heterocycles. The monoisotopic (exact) mass is 407 g/mol. The second kappa shape index (κ2) is 5.85. The molecule has 3 aromatic carbocycles. The van der Waals surface area contributed by atoms with E-state index in [-0.39, 0.29) is 19.1 Å². The highest BCUT2D eigenvalue weighted by molar-refractivity contribution is 6.20. The first-order valence-corrected chi connectivity index (χ1v) is 9.35. The normalized spacial score (nSPS) is 14.1. The predicted octanol–water partition coefficient (Wildman–Crippen LogP) is 3.32. The van der Waals surface area contributed by atoms with Gasteiger partial charge in [0, 0.05) is 34.7 Å². The van der Waals surface area contributed by atoms with Gasteiger partial charge < -0.3 is 33.0 Å². The molecule has 3 heterocycles. The van der Waals surface area contributed by atoms with Crippen LogP contribution in [-0.2, 0) is 7.05 Å². The minimum Gasteiger partial charge on any atom is -0.496 e. The molecule has 8 nitrogen and oxygen atoms in total. The third kappa shape index (κ3) is 2.02. The molecule has 0 N–H and O–H groups in total. The van der Waals surface area contributed by atoms with E-state index in [1.54, 1.807) is 31.9 Å². The zero-order chi connectivity index (χ0) is 20.6. The fourth-order valence-electron chi connectivity index (χ4n) is 4.41. The van der Waals surface area contributed by atoms with Crippen molar-refractivity contribution in [2.45, 2.75) is 0 Å². The van der Waals surface area contributed by atoms with Crippen molar-refractivity contribution in [1.29, 1.82) is 0 Å². The first-order chi connectivity index (χ1) is 14.6. The number of nitrogens with zero attached hydrogens (tertiary/aromatic N) is 1. The summed E-state index contributed by atoms with van der Waals surface area (Å²) in [6, 6.07) is 7.42. The summed E-state index contributed by atoms with van der Waals surface area (Å²) in [5.41, 5.74) is 0.529. The van der Waals surface area contributed by atoms with Crippen molar-refractivity contribution >= 4 is 32.4 Å². The maximum atomic E-state index is 13.5. The number of hydrogen-bond donors (Lipinski definition) is 0. The van der Waals surface area contributed by atoms with Gasteiger partial charge in [0.25, 0.3) is 5.56 Å². The van der Waals surface area contributed by atoms with E-state index in [1.165, 1.54) is 0 Å². The van der Waals surface area contributed by atoms with Gasteiger partial charge in [0.1, 0.15) is 11.5 Å². The lowest BCUT2D eigenvalue weighted by molar-refractivity contribution is 0.174. The molecule has 4 aromatic rings. The van der Waals surface area contributed by atoms with Crippen molar-refractivity contribution in [1.82, 2.24) is 4.57 Å². The van der Waals surface area contributed by atoms with Gasteiger partial charge in [-0.2, -0.15) is 0 Å². The van der Waals surface area contributed by atoms with Crippen LogP contribution >= 0.6 is 0 Å². The Balaban J connectivity index is 1.91. The first-order valence-electron chi connectivity index (χ1n) is 9.35. The van der Waals surface area contributed by atoms with Crippen molar-refractivity contribution in [2.24, 2.45) is 7.05 Å². The number of fused-ring (bicyclic) bond motifs is 8. The summed E-state index contributed by atoms with van der Waals surface area (Å²) in [7, 11) is 4.92. The van der Waals surface area contributed by atoms with Crippen molar-refractivity contribution in [3.05, 3.63) is 34.6 Å². The second-order valence-corrected chi connectivity index (χ2v) is 7.15. The number of aryl methyl sites for hydroxylation is 1. The SMILES string of the molecule is COc1cc2c3c(OC)cc4c(c3c(=O)n(C)c2c2cc3c(cc12)OCO3)OCO4. The number of benzene rings is 3. The maximum absolute atomic E-state index is 13.5. The maximum Gasteiger partial charge on any atom is 0.262 e. The smallest absolute Gasteiger partial charge is 0.262 e. The van der Waals surface area contributed by atoms with E-state index in [1.807, 2.05) is 18.2 Å². The third-order valence-electron chi connectivity index (χ3n) is 5.75. The van der Waals surface area contributed by atoms with Crippen LogP contribution in [0.1, 0.15) is 0 Å². The number of ether oxygens (including phenoxy) is 6. The molecule has 0 fully saturated rings. The van der Waals surface area contributed by atoms with E-state index in [2.05, 4.69) is 0 Å². The molecule has 0 atom stereocenters. The fraction of sp³-hybridized carbons (Fsp3) is 0.227. The number of pyridine rings is 1. The van der Waals surface area contributed by atoms with Crippen LogP contribution in [0.25, 0.3) is 32.4 Å². The van der Waals surface area contributed by atoms with Crippen LogP contribution in [0.3, 0.4) is 0 Å². The van der Waals surface area contributed by atoms with Gasteiger partial charge in [0.2, 0.25) is 13.6 Å². The van der Waals surface area contributed by atoms with E-state index in [9.17, 15) is 4.79 Å². The average Bonchev–Trinajstić information content (AvgIpc) is 3.42. The lowest BCUT2D eigenvalue weighted by Gasteiger charge is -2.17. The van der Waals surface area contributed by atoms with Gasteiger partial charge in [-0.05, 0) is 18.2 Å². The van der Waals surface area contributed by atoms with Gasteiger partial charge in [0.05, 0.1) is 25.1 Å². The number of aromatic nitrogens is 1.